The van der Waals surface area contributed by atoms with Crippen molar-refractivity contribution in [3.05, 3.63) is 34.9 Å². The zero-order valence-electron chi connectivity index (χ0n) is 25.2. The number of nitrogens with zero attached hydrogens (tertiary/aromatic N) is 1. The monoisotopic (exact) mass is 593 g/mol. The highest BCUT2D eigenvalue weighted by Crippen LogP contribution is 2.34. The number of rotatable bonds is 14. The van der Waals surface area contributed by atoms with Crippen LogP contribution in [0.15, 0.2) is 24.3 Å². The smallest absolute Gasteiger partial charge is 0.319 e. The van der Waals surface area contributed by atoms with E-state index in [9.17, 15) is 9.59 Å². The second kappa shape index (κ2) is 16.7. The first-order valence-corrected chi connectivity index (χ1v) is 19.5. The van der Waals surface area contributed by atoms with Gasteiger partial charge in [-0.25, -0.2) is 4.79 Å². The van der Waals surface area contributed by atoms with Crippen molar-refractivity contribution in [1.29, 1.82) is 0 Å². The fourth-order valence-corrected chi connectivity index (χ4v) is 6.88. The van der Waals surface area contributed by atoms with Gasteiger partial charge in [0.2, 0.25) is 0 Å². The minimum atomic E-state index is -1.24. The van der Waals surface area contributed by atoms with E-state index in [-0.39, 0.29) is 36.6 Å². The highest BCUT2D eigenvalue weighted by molar-refractivity contribution is 6.76. The molecule has 1 aromatic carbocycles. The zero-order valence-corrected chi connectivity index (χ0v) is 26.9. The van der Waals surface area contributed by atoms with Crippen LogP contribution >= 0.6 is 11.6 Å². The molecule has 1 saturated carbocycles. The molecule has 2 N–H and O–H groups in total. The lowest BCUT2D eigenvalue weighted by molar-refractivity contribution is -0.142. The normalized spacial score (nSPS) is 20.1. The summed E-state index contributed by atoms with van der Waals surface area (Å²) in [5.74, 6) is 0.602. The summed E-state index contributed by atoms with van der Waals surface area (Å²) in [6.45, 7) is 12.1. The summed E-state index contributed by atoms with van der Waals surface area (Å²) in [4.78, 5) is 27.8. The van der Waals surface area contributed by atoms with Gasteiger partial charge < -0.3 is 25.0 Å². The first kappa shape index (κ1) is 32.9. The van der Waals surface area contributed by atoms with Gasteiger partial charge in [0, 0.05) is 51.3 Å². The highest BCUT2D eigenvalue weighted by atomic mass is 35.5. The van der Waals surface area contributed by atoms with Gasteiger partial charge in [-0.15, -0.1) is 0 Å². The van der Waals surface area contributed by atoms with E-state index in [1.165, 1.54) is 32.1 Å². The number of likely N-dealkylation sites (tertiary alicyclic amines) is 1. The van der Waals surface area contributed by atoms with E-state index in [1.54, 1.807) is 0 Å². The summed E-state index contributed by atoms with van der Waals surface area (Å²) in [6, 6.07) is 8.80. The zero-order chi connectivity index (χ0) is 29.0. The third kappa shape index (κ3) is 11.7. The first-order valence-electron chi connectivity index (χ1n) is 15.4. The average Bonchev–Trinajstić information content (AvgIpc) is 2.91. The molecule has 40 heavy (non-hydrogen) atoms. The van der Waals surface area contributed by atoms with Crippen LogP contribution in [0.1, 0.15) is 70.0 Å². The lowest BCUT2D eigenvalue weighted by atomic mass is 9.84. The van der Waals surface area contributed by atoms with E-state index in [0.717, 1.165) is 37.4 Å². The summed E-state index contributed by atoms with van der Waals surface area (Å²) in [5.41, 5.74) is 1.07. The van der Waals surface area contributed by atoms with Gasteiger partial charge in [0.05, 0.1) is 19.3 Å². The third-order valence-electron chi connectivity index (χ3n) is 8.14. The van der Waals surface area contributed by atoms with E-state index in [0.29, 0.717) is 37.2 Å². The molecule has 3 rings (SSSR count). The quantitative estimate of drug-likeness (QED) is 0.186. The molecule has 1 unspecified atom stereocenters. The SMILES string of the molecule is CCOC(c1cccc(Cl)c1)[C@@H]1CCCN(C(=O)N[C@H](CNCC(=O)OCC[Si](C)(C)C)CC2CCCCC2)C1. The number of carbonyl (C=O) groups is 2. The van der Waals surface area contributed by atoms with Gasteiger partial charge in [-0.1, -0.05) is 75.5 Å². The summed E-state index contributed by atoms with van der Waals surface area (Å²) in [7, 11) is -1.24. The second-order valence-electron chi connectivity index (χ2n) is 12.8. The van der Waals surface area contributed by atoms with Crippen molar-refractivity contribution in [1.82, 2.24) is 15.5 Å². The van der Waals surface area contributed by atoms with Crippen molar-refractivity contribution >= 4 is 31.7 Å². The maximum atomic E-state index is 13.5. The fourth-order valence-electron chi connectivity index (χ4n) is 5.96. The molecule has 1 heterocycles. The van der Waals surface area contributed by atoms with Crippen LogP contribution in [0.5, 0.6) is 0 Å². The van der Waals surface area contributed by atoms with E-state index in [1.807, 2.05) is 30.0 Å². The maximum absolute atomic E-state index is 13.5. The van der Waals surface area contributed by atoms with E-state index in [4.69, 9.17) is 21.1 Å². The van der Waals surface area contributed by atoms with Crippen molar-refractivity contribution in [3.8, 4) is 0 Å². The number of amides is 2. The molecule has 3 atom stereocenters. The predicted molar refractivity (Wildman–Crippen MR) is 166 cm³/mol. The number of halogens is 1. The molecule has 0 radical (unpaired) electrons. The number of piperidine rings is 1. The van der Waals surface area contributed by atoms with Crippen molar-refractivity contribution < 1.29 is 19.1 Å². The van der Waals surface area contributed by atoms with Gasteiger partial charge in [0.1, 0.15) is 0 Å². The average molecular weight is 594 g/mol. The van der Waals surface area contributed by atoms with E-state index < -0.39 is 8.07 Å². The summed E-state index contributed by atoms with van der Waals surface area (Å²) >= 11 is 6.28. The number of benzene rings is 1. The molecule has 7 nitrogen and oxygen atoms in total. The van der Waals surface area contributed by atoms with Crippen LogP contribution in [-0.2, 0) is 14.3 Å². The molecule has 2 fully saturated rings. The molecule has 226 valence electrons. The largest absolute Gasteiger partial charge is 0.465 e. The number of esters is 1. The molecule has 1 saturated heterocycles. The number of carbonyl (C=O) groups excluding carboxylic acids is 2. The van der Waals surface area contributed by atoms with Crippen LogP contribution < -0.4 is 10.6 Å². The Morgan fingerprint density at radius 3 is 2.60 bits per heavy atom. The van der Waals surface area contributed by atoms with Crippen molar-refractivity contribution in [3.63, 3.8) is 0 Å². The number of urea groups is 1. The molecule has 2 aliphatic rings. The van der Waals surface area contributed by atoms with Crippen LogP contribution in [0.3, 0.4) is 0 Å². The lowest BCUT2D eigenvalue weighted by Gasteiger charge is -2.38. The van der Waals surface area contributed by atoms with Gasteiger partial charge in [-0.2, -0.15) is 0 Å². The third-order valence-corrected chi connectivity index (χ3v) is 10.1. The molecule has 0 bridgehead atoms. The fraction of sp³-hybridized carbons (Fsp3) is 0.742. The number of nitrogens with one attached hydrogen (secondary N) is 2. The van der Waals surface area contributed by atoms with Gasteiger partial charge in [-0.05, 0) is 55.8 Å². The molecule has 0 aromatic heterocycles. The topological polar surface area (TPSA) is 79.9 Å². The van der Waals surface area contributed by atoms with Gasteiger partial charge in [0.25, 0.3) is 0 Å². The Morgan fingerprint density at radius 1 is 1.12 bits per heavy atom. The minimum Gasteiger partial charge on any atom is -0.465 e. The van der Waals surface area contributed by atoms with Crippen LogP contribution in [-0.4, -0.2) is 70.4 Å². The molecular weight excluding hydrogens is 542 g/mol. The Hall–Kier alpha value is -1.61. The second-order valence-corrected chi connectivity index (χ2v) is 18.9. The van der Waals surface area contributed by atoms with Crippen molar-refractivity contribution in [2.24, 2.45) is 11.8 Å². The van der Waals surface area contributed by atoms with E-state index in [2.05, 4.69) is 36.3 Å². The van der Waals surface area contributed by atoms with Crippen LogP contribution in [0.25, 0.3) is 0 Å². The molecular formula is C31H52ClN3O4Si. The molecule has 1 aromatic rings. The van der Waals surface area contributed by atoms with Gasteiger partial charge in [-0.3, -0.25) is 4.79 Å². The number of hydrogen-bond acceptors (Lipinski definition) is 5. The summed E-state index contributed by atoms with van der Waals surface area (Å²) in [5, 5.41) is 7.30. The Balaban J connectivity index is 1.57. The lowest BCUT2D eigenvalue weighted by Crippen LogP contribution is -2.52. The molecule has 1 aliphatic carbocycles. The van der Waals surface area contributed by atoms with Crippen LogP contribution in [0.2, 0.25) is 30.7 Å². The van der Waals surface area contributed by atoms with Gasteiger partial charge >= 0.3 is 12.0 Å². The van der Waals surface area contributed by atoms with Crippen LogP contribution in [0, 0.1) is 11.8 Å². The molecule has 0 spiro atoms. The molecule has 9 heteroatoms. The predicted octanol–water partition coefficient (Wildman–Crippen LogP) is 6.65. The minimum absolute atomic E-state index is 0.0219. The Bertz CT molecular complexity index is 922. The number of ether oxygens (including phenoxy) is 2. The highest BCUT2D eigenvalue weighted by Gasteiger charge is 2.32. The van der Waals surface area contributed by atoms with Crippen molar-refractivity contribution in [2.45, 2.75) is 96.1 Å². The number of hydrogen-bond donors (Lipinski definition) is 2. The standard InChI is InChI=1S/C31H52ClN3O4Si/c1-5-38-30(25-13-9-15-27(32)20-25)26-14-10-16-35(23-26)31(37)34-28(19-24-11-7-6-8-12-24)21-33-22-29(36)39-17-18-40(2,3)4/h9,13,15,20,24,26,28,30,33H,5-8,10-12,14,16-19,21-23H2,1-4H3,(H,34,37)/t26-,28+,30?/m1/s1. The van der Waals surface area contributed by atoms with E-state index >= 15 is 0 Å². The van der Waals surface area contributed by atoms with Crippen LogP contribution in [0.4, 0.5) is 4.79 Å². The molecule has 2 amide bonds. The summed E-state index contributed by atoms with van der Waals surface area (Å²) < 4.78 is 11.6. The Labute approximate surface area is 248 Å². The summed E-state index contributed by atoms with van der Waals surface area (Å²) in [6.07, 6.45) is 9.05. The van der Waals surface area contributed by atoms with Crippen molar-refractivity contribution in [2.75, 3.05) is 39.4 Å². The Morgan fingerprint density at radius 2 is 1.90 bits per heavy atom. The maximum Gasteiger partial charge on any atom is 0.319 e. The molecule has 1 aliphatic heterocycles. The Kier molecular flexibility index (Phi) is 13.8. The first-order chi connectivity index (χ1) is 19.1. The van der Waals surface area contributed by atoms with Gasteiger partial charge in [0.15, 0.2) is 0 Å².